The lowest BCUT2D eigenvalue weighted by Crippen LogP contribution is -2.43. The van der Waals surface area contributed by atoms with Crippen molar-refractivity contribution in [1.29, 1.82) is 0 Å². The summed E-state index contributed by atoms with van der Waals surface area (Å²) in [5.41, 5.74) is -1.09. The lowest BCUT2D eigenvalue weighted by Gasteiger charge is -2.22. The number of carbonyl (C=O) groups excluding carboxylic acids is 1. The molecule has 3 nitrogen and oxygen atoms in total. The molecule has 1 aromatic rings. The van der Waals surface area contributed by atoms with Gasteiger partial charge in [-0.3, -0.25) is 4.79 Å². The number of amides is 1. The van der Waals surface area contributed by atoms with Crippen LogP contribution in [0.15, 0.2) is 24.3 Å². The number of nitrogens with one attached hydrogen (secondary N) is 1. The summed E-state index contributed by atoms with van der Waals surface area (Å²) in [6.45, 7) is 1.91. The van der Waals surface area contributed by atoms with Crippen molar-refractivity contribution in [3.05, 3.63) is 35.4 Å². The van der Waals surface area contributed by atoms with E-state index in [0.29, 0.717) is 17.7 Å². The SMILES string of the molecule is CC(CC(=O)NCC1(O)CCSC1)c1cccc(C(F)(F)F)c1. The van der Waals surface area contributed by atoms with Crippen LogP contribution in [0, 0.1) is 0 Å². The molecule has 0 saturated carbocycles. The highest BCUT2D eigenvalue weighted by Gasteiger charge is 2.32. The topological polar surface area (TPSA) is 49.3 Å². The van der Waals surface area contributed by atoms with Crippen LogP contribution in [0.1, 0.15) is 36.8 Å². The van der Waals surface area contributed by atoms with Crippen LogP contribution < -0.4 is 5.32 Å². The molecule has 1 heterocycles. The van der Waals surface area contributed by atoms with Gasteiger partial charge >= 0.3 is 6.18 Å². The predicted molar refractivity (Wildman–Crippen MR) is 84.4 cm³/mol. The van der Waals surface area contributed by atoms with Gasteiger partial charge in [0.15, 0.2) is 0 Å². The Balaban J connectivity index is 1.91. The molecule has 7 heteroatoms. The zero-order valence-corrected chi connectivity index (χ0v) is 13.6. The Morgan fingerprint density at radius 2 is 2.22 bits per heavy atom. The molecule has 1 aliphatic heterocycles. The number of alkyl halides is 3. The summed E-state index contributed by atoms with van der Waals surface area (Å²) in [6.07, 6.45) is -3.66. The maximum absolute atomic E-state index is 12.7. The molecule has 1 fully saturated rings. The third-order valence-corrected chi connectivity index (χ3v) is 5.21. The van der Waals surface area contributed by atoms with Crippen molar-refractivity contribution in [3.8, 4) is 0 Å². The Kier molecular flexibility index (Phi) is 5.62. The second-order valence-electron chi connectivity index (χ2n) is 6.03. The minimum atomic E-state index is -4.39. The zero-order valence-electron chi connectivity index (χ0n) is 12.8. The molecule has 1 amide bonds. The van der Waals surface area contributed by atoms with Gasteiger partial charge in [-0.15, -0.1) is 0 Å². The second-order valence-corrected chi connectivity index (χ2v) is 7.14. The highest BCUT2D eigenvalue weighted by molar-refractivity contribution is 7.99. The third-order valence-electron chi connectivity index (χ3n) is 3.97. The fourth-order valence-electron chi connectivity index (χ4n) is 2.49. The van der Waals surface area contributed by atoms with E-state index in [1.807, 2.05) is 0 Å². The Morgan fingerprint density at radius 1 is 1.48 bits per heavy atom. The first-order valence-corrected chi connectivity index (χ1v) is 8.59. The van der Waals surface area contributed by atoms with Gasteiger partial charge in [0.2, 0.25) is 5.91 Å². The van der Waals surface area contributed by atoms with Crippen LogP contribution in [0.2, 0.25) is 0 Å². The molecule has 0 aliphatic carbocycles. The maximum Gasteiger partial charge on any atom is 0.416 e. The quantitative estimate of drug-likeness (QED) is 0.860. The molecule has 0 spiro atoms. The smallest absolute Gasteiger partial charge is 0.387 e. The highest BCUT2D eigenvalue weighted by Crippen LogP contribution is 2.32. The number of aliphatic hydroxyl groups is 1. The number of hydrogen-bond donors (Lipinski definition) is 2. The Bertz CT molecular complexity index is 557. The van der Waals surface area contributed by atoms with Crippen molar-refractivity contribution in [2.75, 3.05) is 18.1 Å². The van der Waals surface area contributed by atoms with Crippen molar-refractivity contribution in [2.24, 2.45) is 0 Å². The van der Waals surface area contributed by atoms with Gasteiger partial charge in [0.25, 0.3) is 0 Å². The zero-order chi connectivity index (χ0) is 17.1. The van der Waals surface area contributed by atoms with Crippen molar-refractivity contribution in [1.82, 2.24) is 5.32 Å². The summed E-state index contributed by atoms with van der Waals surface area (Å²) < 4.78 is 38.2. The number of benzene rings is 1. The Hall–Kier alpha value is -1.21. The minimum absolute atomic E-state index is 0.0878. The van der Waals surface area contributed by atoms with E-state index in [2.05, 4.69) is 5.32 Å². The first kappa shape index (κ1) is 18.1. The lowest BCUT2D eigenvalue weighted by atomic mass is 9.95. The molecule has 2 N–H and O–H groups in total. The van der Waals surface area contributed by atoms with E-state index in [1.54, 1.807) is 24.8 Å². The standard InChI is InChI=1S/C16H20F3NO2S/c1-11(12-3-2-4-13(8-12)16(17,18)19)7-14(21)20-9-15(22)5-6-23-10-15/h2-4,8,11,22H,5-7,9-10H2,1H3,(H,20,21). The molecule has 2 unspecified atom stereocenters. The monoisotopic (exact) mass is 347 g/mol. The molecular formula is C16H20F3NO2S. The van der Waals surface area contributed by atoms with Crippen LogP contribution in [0.5, 0.6) is 0 Å². The Labute approximate surface area is 137 Å². The fraction of sp³-hybridized carbons (Fsp3) is 0.562. The van der Waals surface area contributed by atoms with Gasteiger partial charge in [0, 0.05) is 18.7 Å². The number of rotatable bonds is 5. The van der Waals surface area contributed by atoms with Crippen molar-refractivity contribution in [2.45, 2.75) is 37.5 Å². The number of halogens is 3. The summed E-state index contributed by atoms with van der Waals surface area (Å²) in [6, 6.07) is 5.04. The second kappa shape index (κ2) is 7.13. The van der Waals surface area contributed by atoms with E-state index < -0.39 is 17.3 Å². The van der Waals surface area contributed by atoms with Crippen LogP contribution in [-0.2, 0) is 11.0 Å². The van der Waals surface area contributed by atoms with Crippen LogP contribution in [0.4, 0.5) is 13.2 Å². The molecule has 1 aliphatic rings. The van der Waals surface area contributed by atoms with Crippen molar-refractivity contribution >= 4 is 17.7 Å². The summed E-state index contributed by atoms with van der Waals surface area (Å²) in [4.78, 5) is 12.0. The summed E-state index contributed by atoms with van der Waals surface area (Å²) >= 11 is 1.64. The van der Waals surface area contributed by atoms with Crippen LogP contribution in [0.25, 0.3) is 0 Å². The fourth-order valence-corrected chi connectivity index (χ4v) is 3.78. The van der Waals surface area contributed by atoms with Gasteiger partial charge in [-0.05, 0) is 29.7 Å². The molecule has 2 atom stereocenters. The van der Waals surface area contributed by atoms with E-state index >= 15 is 0 Å². The molecule has 0 radical (unpaired) electrons. The highest BCUT2D eigenvalue weighted by atomic mass is 32.2. The van der Waals surface area contributed by atoms with Crippen molar-refractivity contribution < 1.29 is 23.1 Å². The van der Waals surface area contributed by atoms with Gasteiger partial charge in [-0.1, -0.05) is 25.1 Å². The number of hydrogen-bond acceptors (Lipinski definition) is 3. The average Bonchev–Trinajstić information content (AvgIpc) is 2.92. The van der Waals surface area contributed by atoms with Gasteiger partial charge in [0.05, 0.1) is 11.2 Å². The molecule has 128 valence electrons. The van der Waals surface area contributed by atoms with Crippen LogP contribution in [0.3, 0.4) is 0 Å². The van der Waals surface area contributed by atoms with Crippen molar-refractivity contribution in [3.63, 3.8) is 0 Å². The minimum Gasteiger partial charge on any atom is -0.387 e. The summed E-state index contributed by atoms with van der Waals surface area (Å²) in [5, 5.41) is 12.8. The number of carbonyl (C=O) groups is 1. The first-order chi connectivity index (χ1) is 10.7. The van der Waals surface area contributed by atoms with E-state index in [9.17, 15) is 23.1 Å². The van der Waals surface area contributed by atoms with E-state index in [0.717, 1.165) is 17.9 Å². The molecular weight excluding hydrogens is 327 g/mol. The van der Waals surface area contributed by atoms with Crippen LogP contribution >= 0.6 is 11.8 Å². The van der Waals surface area contributed by atoms with Crippen LogP contribution in [-0.4, -0.2) is 34.7 Å². The van der Waals surface area contributed by atoms with E-state index in [4.69, 9.17) is 0 Å². The third kappa shape index (κ3) is 5.14. The molecule has 0 bridgehead atoms. The average molecular weight is 347 g/mol. The molecule has 2 rings (SSSR count). The van der Waals surface area contributed by atoms with Gasteiger partial charge in [-0.25, -0.2) is 0 Å². The molecule has 1 saturated heterocycles. The largest absolute Gasteiger partial charge is 0.416 e. The van der Waals surface area contributed by atoms with Gasteiger partial charge in [-0.2, -0.15) is 24.9 Å². The van der Waals surface area contributed by atoms with Gasteiger partial charge in [0.1, 0.15) is 0 Å². The number of thioether (sulfide) groups is 1. The molecule has 1 aromatic carbocycles. The predicted octanol–water partition coefficient (Wildman–Crippen LogP) is 3.18. The summed E-state index contributed by atoms with van der Waals surface area (Å²) in [5.74, 6) is 0.869. The van der Waals surface area contributed by atoms with E-state index in [-0.39, 0.29) is 24.8 Å². The molecule has 0 aromatic heterocycles. The lowest BCUT2D eigenvalue weighted by molar-refractivity contribution is -0.137. The van der Waals surface area contributed by atoms with E-state index in [1.165, 1.54) is 6.07 Å². The maximum atomic E-state index is 12.7. The van der Waals surface area contributed by atoms with Gasteiger partial charge < -0.3 is 10.4 Å². The Morgan fingerprint density at radius 3 is 2.83 bits per heavy atom. The summed E-state index contributed by atoms with van der Waals surface area (Å²) in [7, 11) is 0. The normalized spacial score (nSPS) is 22.8. The molecule has 23 heavy (non-hydrogen) atoms. The first-order valence-electron chi connectivity index (χ1n) is 7.44.